The van der Waals surface area contributed by atoms with Crippen LogP contribution in [-0.4, -0.2) is 17.8 Å². The number of nitrogens with zero attached hydrogens (tertiary/aromatic N) is 2. The van der Waals surface area contributed by atoms with E-state index in [0.29, 0.717) is 23.4 Å². The number of hydrogen-bond acceptors (Lipinski definition) is 5. The van der Waals surface area contributed by atoms with Crippen LogP contribution in [0.15, 0.2) is 59.0 Å². The first-order chi connectivity index (χ1) is 12.3. The van der Waals surface area contributed by atoms with Gasteiger partial charge < -0.3 is 4.74 Å². The van der Waals surface area contributed by atoms with Gasteiger partial charge >= 0.3 is 0 Å². The van der Waals surface area contributed by atoms with Gasteiger partial charge in [0.2, 0.25) is 5.13 Å². The van der Waals surface area contributed by atoms with Gasteiger partial charge in [0.1, 0.15) is 0 Å². The number of rotatable bonds is 7. The standard InChI is InChI=1S/C19H18ClN3OS/c1-2-24-12-15-8-4-3-7-14(15)11-21-23-19-22-18(13-25-19)16-9-5-6-10-17(16)20/h3-11,13H,2,12H2,1H3,(H,22,23)/b21-11+. The molecule has 25 heavy (non-hydrogen) atoms. The molecule has 0 saturated carbocycles. The Morgan fingerprint density at radius 1 is 1.20 bits per heavy atom. The summed E-state index contributed by atoms with van der Waals surface area (Å²) in [5.74, 6) is 0. The third-order valence-electron chi connectivity index (χ3n) is 3.53. The summed E-state index contributed by atoms with van der Waals surface area (Å²) in [5.41, 5.74) is 6.86. The van der Waals surface area contributed by atoms with Gasteiger partial charge in [-0.25, -0.2) is 4.98 Å². The molecule has 4 nitrogen and oxygen atoms in total. The third kappa shape index (κ3) is 4.66. The quantitative estimate of drug-likeness (QED) is 0.444. The molecular formula is C19H18ClN3OS. The molecule has 0 saturated heterocycles. The van der Waals surface area contributed by atoms with Crippen molar-refractivity contribution in [1.82, 2.24) is 4.98 Å². The number of hydrazone groups is 1. The summed E-state index contributed by atoms with van der Waals surface area (Å²) in [7, 11) is 0. The fourth-order valence-corrected chi connectivity index (χ4v) is 3.17. The summed E-state index contributed by atoms with van der Waals surface area (Å²) in [6, 6.07) is 15.7. The molecule has 0 aliphatic heterocycles. The molecule has 0 aliphatic rings. The minimum absolute atomic E-state index is 0.576. The van der Waals surface area contributed by atoms with E-state index >= 15 is 0 Å². The van der Waals surface area contributed by atoms with Gasteiger partial charge in [0, 0.05) is 28.1 Å². The van der Waals surface area contributed by atoms with E-state index in [1.165, 1.54) is 11.3 Å². The highest BCUT2D eigenvalue weighted by Crippen LogP contribution is 2.30. The minimum Gasteiger partial charge on any atom is -0.377 e. The highest BCUT2D eigenvalue weighted by atomic mass is 35.5. The van der Waals surface area contributed by atoms with Crippen molar-refractivity contribution in [3.8, 4) is 11.3 Å². The second-order valence-corrected chi connectivity index (χ2v) is 6.49. The second kappa shape index (κ2) is 8.76. The molecule has 2 aromatic carbocycles. The Morgan fingerprint density at radius 2 is 2.00 bits per heavy atom. The van der Waals surface area contributed by atoms with Crippen molar-refractivity contribution in [2.75, 3.05) is 12.0 Å². The summed E-state index contributed by atoms with van der Waals surface area (Å²) in [5, 5.41) is 7.66. The molecule has 1 N–H and O–H groups in total. The second-order valence-electron chi connectivity index (χ2n) is 5.22. The van der Waals surface area contributed by atoms with Crippen molar-refractivity contribution in [2.24, 2.45) is 5.10 Å². The van der Waals surface area contributed by atoms with Gasteiger partial charge in [-0.05, 0) is 18.6 Å². The molecule has 1 heterocycles. The first-order valence-corrected chi connectivity index (χ1v) is 9.19. The predicted octanol–water partition coefficient (Wildman–Crippen LogP) is 5.45. The molecule has 0 spiro atoms. The first-order valence-electron chi connectivity index (χ1n) is 7.93. The summed E-state index contributed by atoms with van der Waals surface area (Å²) < 4.78 is 5.48. The maximum Gasteiger partial charge on any atom is 0.203 e. The van der Waals surface area contributed by atoms with Crippen molar-refractivity contribution >= 4 is 34.3 Å². The molecule has 6 heteroatoms. The summed E-state index contributed by atoms with van der Waals surface area (Å²) in [4.78, 5) is 4.53. The maximum atomic E-state index is 6.21. The lowest BCUT2D eigenvalue weighted by Gasteiger charge is -2.05. The van der Waals surface area contributed by atoms with Crippen molar-refractivity contribution in [2.45, 2.75) is 13.5 Å². The number of aromatic nitrogens is 1. The summed E-state index contributed by atoms with van der Waals surface area (Å²) in [6.07, 6.45) is 1.78. The molecule has 0 atom stereocenters. The van der Waals surface area contributed by atoms with Crippen LogP contribution in [0.4, 0.5) is 5.13 Å². The lowest BCUT2D eigenvalue weighted by molar-refractivity contribution is 0.134. The van der Waals surface area contributed by atoms with Crippen LogP contribution in [0.3, 0.4) is 0 Å². The SMILES string of the molecule is CCOCc1ccccc1/C=N/Nc1nc(-c2ccccc2Cl)cs1. The number of benzene rings is 2. The van der Waals surface area contributed by atoms with Gasteiger partial charge in [0.25, 0.3) is 0 Å². The molecule has 3 rings (SSSR count). The largest absolute Gasteiger partial charge is 0.377 e. The van der Waals surface area contributed by atoms with E-state index in [0.717, 1.165) is 22.4 Å². The molecule has 128 valence electrons. The normalized spacial score (nSPS) is 11.1. The number of anilines is 1. The van der Waals surface area contributed by atoms with Crippen LogP contribution >= 0.6 is 22.9 Å². The average molecular weight is 372 g/mol. The van der Waals surface area contributed by atoms with E-state index in [4.69, 9.17) is 16.3 Å². The van der Waals surface area contributed by atoms with Crippen LogP contribution in [0.5, 0.6) is 0 Å². The van der Waals surface area contributed by atoms with Crippen LogP contribution in [-0.2, 0) is 11.3 Å². The highest BCUT2D eigenvalue weighted by molar-refractivity contribution is 7.14. The number of ether oxygens (including phenoxy) is 1. The smallest absolute Gasteiger partial charge is 0.203 e. The third-order valence-corrected chi connectivity index (χ3v) is 4.61. The van der Waals surface area contributed by atoms with E-state index in [2.05, 4.69) is 15.5 Å². The Hall–Kier alpha value is -2.21. The molecule has 3 aromatic rings. The maximum absolute atomic E-state index is 6.21. The summed E-state index contributed by atoms with van der Waals surface area (Å²) in [6.45, 7) is 3.25. The molecular weight excluding hydrogens is 354 g/mol. The first kappa shape index (κ1) is 17.6. The number of nitrogens with one attached hydrogen (secondary N) is 1. The predicted molar refractivity (Wildman–Crippen MR) is 106 cm³/mol. The molecule has 0 aliphatic carbocycles. The van der Waals surface area contributed by atoms with Crippen molar-refractivity contribution < 1.29 is 4.74 Å². The van der Waals surface area contributed by atoms with Gasteiger partial charge in [0.15, 0.2) is 0 Å². The van der Waals surface area contributed by atoms with Gasteiger partial charge in [-0.1, -0.05) is 54.1 Å². The Kier molecular flexibility index (Phi) is 6.17. The number of halogens is 1. The van der Waals surface area contributed by atoms with E-state index in [9.17, 15) is 0 Å². The van der Waals surface area contributed by atoms with Gasteiger partial charge in [-0.15, -0.1) is 11.3 Å². The van der Waals surface area contributed by atoms with Crippen molar-refractivity contribution in [3.63, 3.8) is 0 Å². The van der Waals surface area contributed by atoms with E-state index in [-0.39, 0.29) is 0 Å². The zero-order valence-electron chi connectivity index (χ0n) is 13.8. The zero-order chi connectivity index (χ0) is 17.5. The zero-order valence-corrected chi connectivity index (χ0v) is 15.3. The van der Waals surface area contributed by atoms with Crippen molar-refractivity contribution in [3.05, 3.63) is 70.1 Å². The Balaban J connectivity index is 1.69. The fourth-order valence-electron chi connectivity index (χ4n) is 2.28. The van der Waals surface area contributed by atoms with Crippen LogP contribution in [0.1, 0.15) is 18.1 Å². The highest BCUT2D eigenvalue weighted by Gasteiger charge is 2.07. The topological polar surface area (TPSA) is 46.5 Å². The van der Waals surface area contributed by atoms with Gasteiger partial charge in [-0.3, -0.25) is 5.43 Å². The molecule has 1 aromatic heterocycles. The Bertz CT molecular complexity index is 863. The molecule has 0 unspecified atom stereocenters. The lowest BCUT2D eigenvalue weighted by Crippen LogP contribution is -1.98. The van der Waals surface area contributed by atoms with E-state index in [1.54, 1.807) is 6.21 Å². The van der Waals surface area contributed by atoms with Crippen molar-refractivity contribution in [1.29, 1.82) is 0 Å². The minimum atomic E-state index is 0.576. The van der Waals surface area contributed by atoms with Gasteiger partial charge in [0.05, 0.1) is 18.5 Å². The number of hydrogen-bond donors (Lipinski definition) is 1. The van der Waals surface area contributed by atoms with E-state index in [1.807, 2.05) is 60.8 Å². The molecule has 0 fully saturated rings. The van der Waals surface area contributed by atoms with Gasteiger partial charge in [-0.2, -0.15) is 5.10 Å². The lowest BCUT2D eigenvalue weighted by atomic mass is 10.1. The molecule has 0 amide bonds. The fraction of sp³-hybridized carbons (Fsp3) is 0.158. The number of thiazole rings is 1. The van der Waals surface area contributed by atoms with Crippen LogP contribution < -0.4 is 5.43 Å². The summed E-state index contributed by atoms with van der Waals surface area (Å²) >= 11 is 7.70. The van der Waals surface area contributed by atoms with Crippen LogP contribution in [0, 0.1) is 0 Å². The van der Waals surface area contributed by atoms with Crippen LogP contribution in [0.2, 0.25) is 5.02 Å². The molecule has 0 radical (unpaired) electrons. The van der Waals surface area contributed by atoms with Crippen LogP contribution in [0.25, 0.3) is 11.3 Å². The van der Waals surface area contributed by atoms with E-state index < -0.39 is 0 Å². The Labute approximate surface area is 156 Å². The molecule has 0 bridgehead atoms. The Morgan fingerprint density at radius 3 is 2.84 bits per heavy atom. The monoisotopic (exact) mass is 371 g/mol. The average Bonchev–Trinajstić information content (AvgIpc) is 3.10.